The van der Waals surface area contributed by atoms with E-state index in [2.05, 4.69) is 0 Å². The third kappa shape index (κ3) is 4.46. The monoisotopic (exact) mass is 432 g/mol. The van der Waals surface area contributed by atoms with E-state index in [1.165, 1.54) is 36.4 Å². The maximum absolute atomic E-state index is 13.1. The van der Waals surface area contributed by atoms with Crippen LogP contribution in [0.3, 0.4) is 0 Å². The Hall–Kier alpha value is -3.97. The summed E-state index contributed by atoms with van der Waals surface area (Å²) in [6, 6.07) is 26.9. The van der Waals surface area contributed by atoms with Gasteiger partial charge in [0.15, 0.2) is 0 Å². The van der Waals surface area contributed by atoms with Gasteiger partial charge >= 0.3 is 0 Å². The molecule has 0 aliphatic rings. The molecular formula is C24H20N2O4S. The fraction of sp³-hybridized carbons (Fsp3) is 0. The number of hydrogen-bond donors (Lipinski definition) is 2. The lowest BCUT2D eigenvalue weighted by Gasteiger charge is -2.12. The maximum atomic E-state index is 13.1. The van der Waals surface area contributed by atoms with Crippen LogP contribution in [0.4, 0.5) is 11.4 Å². The fourth-order valence-corrected chi connectivity index (χ4v) is 4.27. The van der Waals surface area contributed by atoms with Gasteiger partial charge in [0, 0.05) is 0 Å². The van der Waals surface area contributed by atoms with Crippen LogP contribution >= 0.6 is 0 Å². The van der Waals surface area contributed by atoms with E-state index in [9.17, 15) is 8.42 Å². The molecule has 0 bridgehead atoms. The minimum atomic E-state index is -3.83. The summed E-state index contributed by atoms with van der Waals surface area (Å²) in [6.45, 7) is 0. The smallest absolute Gasteiger partial charge is 0.206 e. The maximum Gasteiger partial charge on any atom is 0.206 e. The summed E-state index contributed by atoms with van der Waals surface area (Å²) in [6.07, 6.45) is 0. The molecule has 7 heteroatoms. The Labute approximate surface area is 180 Å². The third-order valence-corrected chi connectivity index (χ3v) is 6.27. The molecule has 0 aliphatic heterocycles. The Morgan fingerprint density at radius 1 is 0.548 bits per heavy atom. The number of rotatable bonds is 6. The quantitative estimate of drug-likeness (QED) is 0.402. The van der Waals surface area contributed by atoms with Crippen molar-refractivity contribution in [2.75, 3.05) is 11.5 Å². The highest BCUT2D eigenvalue weighted by atomic mass is 32.2. The molecule has 0 aromatic heterocycles. The molecule has 0 saturated heterocycles. The largest absolute Gasteiger partial charge is 0.455 e. The van der Waals surface area contributed by atoms with Crippen molar-refractivity contribution in [2.24, 2.45) is 0 Å². The van der Waals surface area contributed by atoms with E-state index < -0.39 is 9.84 Å². The lowest BCUT2D eigenvalue weighted by molar-refractivity contribution is 0.484. The second kappa shape index (κ2) is 8.41. The van der Waals surface area contributed by atoms with Crippen LogP contribution in [0.15, 0.2) is 107 Å². The second-order valence-electron chi connectivity index (χ2n) is 6.73. The SMILES string of the molecule is Nc1cc(S(=O)(=O)c2ccc(Oc3ccccc3)c(N)c2)ccc1Oc1ccccc1. The molecular weight excluding hydrogens is 412 g/mol. The van der Waals surface area contributed by atoms with Gasteiger partial charge in [-0.25, -0.2) is 8.42 Å². The van der Waals surface area contributed by atoms with E-state index >= 15 is 0 Å². The van der Waals surface area contributed by atoms with Gasteiger partial charge in [0.2, 0.25) is 9.84 Å². The van der Waals surface area contributed by atoms with Crippen LogP contribution in [0.1, 0.15) is 0 Å². The Morgan fingerprint density at radius 2 is 0.935 bits per heavy atom. The minimum absolute atomic E-state index is 0.0431. The van der Waals surface area contributed by atoms with Gasteiger partial charge in [0.1, 0.15) is 23.0 Å². The molecule has 0 heterocycles. The first-order valence-electron chi connectivity index (χ1n) is 9.43. The van der Waals surface area contributed by atoms with Crippen molar-refractivity contribution in [3.8, 4) is 23.0 Å². The molecule has 0 spiro atoms. The van der Waals surface area contributed by atoms with Crippen LogP contribution in [-0.2, 0) is 9.84 Å². The zero-order chi connectivity index (χ0) is 21.8. The van der Waals surface area contributed by atoms with Crippen LogP contribution < -0.4 is 20.9 Å². The predicted molar refractivity (Wildman–Crippen MR) is 120 cm³/mol. The normalized spacial score (nSPS) is 11.1. The summed E-state index contributed by atoms with van der Waals surface area (Å²) in [7, 11) is -3.83. The Morgan fingerprint density at radius 3 is 1.29 bits per heavy atom. The number of para-hydroxylation sites is 2. The average molecular weight is 433 g/mol. The number of sulfone groups is 1. The first-order valence-corrected chi connectivity index (χ1v) is 10.9. The number of nitrogen functional groups attached to an aromatic ring is 2. The summed E-state index contributed by atoms with van der Waals surface area (Å²) < 4.78 is 37.6. The molecule has 0 amide bonds. The highest BCUT2D eigenvalue weighted by Gasteiger charge is 2.20. The van der Waals surface area contributed by atoms with Crippen molar-refractivity contribution in [1.82, 2.24) is 0 Å². The molecule has 0 atom stereocenters. The van der Waals surface area contributed by atoms with Crippen molar-refractivity contribution in [2.45, 2.75) is 9.79 Å². The summed E-state index contributed by atoms with van der Waals surface area (Å²) >= 11 is 0. The van der Waals surface area contributed by atoms with Gasteiger partial charge in [-0.05, 0) is 60.7 Å². The van der Waals surface area contributed by atoms with E-state index in [1.807, 2.05) is 36.4 Å². The van der Waals surface area contributed by atoms with E-state index in [4.69, 9.17) is 20.9 Å². The second-order valence-corrected chi connectivity index (χ2v) is 8.68. The van der Waals surface area contributed by atoms with Gasteiger partial charge in [-0.15, -0.1) is 0 Å². The fourth-order valence-electron chi connectivity index (χ4n) is 2.94. The number of ether oxygens (including phenoxy) is 2. The van der Waals surface area contributed by atoms with Crippen LogP contribution in [0.2, 0.25) is 0 Å². The Bertz CT molecular complexity index is 1210. The zero-order valence-electron chi connectivity index (χ0n) is 16.4. The zero-order valence-corrected chi connectivity index (χ0v) is 17.3. The number of hydrogen-bond acceptors (Lipinski definition) is 6. The molecule has 4 aromatic rings. The highest BCUT2D eigenvalue weighted by Crippen LogP contribution is 2.34. The van der Waals surface area contributed by atoms with E-state index in [0.29, 0.717) is 23.0 Å². The van der Waals surface area contributed by atoms with Gasteiger partial charge in [-0.3, -0.25) is 0 Å². The molecule has 31 heavy (non-hydrogen) atoms. The average Bonchev–Trinajstić information content (AvgIpc) is 2.78. The number of benzene rings is 4. The molecule has 0 saturated carbocycles. The van der Waals surface area contributed by atoms with Crippen LogP contribution in [0.25, 0.3) is 0 Å². The van der Waals surface area contributed by atoms with Gasteiger partial charge in [0.05, 0.1) is 21.2 Å². The van der Waals surface area contributed by atoms with Gasteiger partial charge in [-0.2, -0.15) is 0 Å². The molecule has 4 aromatic carbocycles. The number of anilines is 2. The van der Waals surface area contributed by atoms with Crippen LogP contribution in [-0.4, -0.2) is 8.42 Å². The van der Waals surface area contributed by atoms with Crippen LogP contribution in [0, 0.1) is 0 Å². The van der Waals surface area contributed by atoms with E-state index in [1.54, 1.807) is 24.3 Å². The Balaban J connectivity index is 1.59. The van der Waals surface area contributed by atoms with Crippen molar-refractivity contribution in [3.05, 3.63) is 97.1 Å². The Kier molecular flexibility index (Phi) is 5.51. The van der Waals surface area contributed by atoms with Gasteiger partial charge < -0.3 is 20.9 Å². The van der Waals surface area contributed by atoms with Gasteiger partial charge in [-0.1, -0.05) is 36.4 Å². The standard InChI is InChI=1S/C24H20N2O4S/c25-21-15-19(11-13-23(21)29-17-7-3-1-4-8-17)31(27,28)20-12-14-24(22(26)16-20)30-18-9-5-2-6-10-18/h1-16H,25-26H2. The summed E-state index contributed by atoms with van der Waals surface area (Å²) in [4.78, 5) is 0.0862. The van der Waals surface area contributed by atoms with Crippen molar-refractivity contribution < 1.29 is 17.9 Å². The molecule has 4 N–H and O–H groups in total. The molecule has 0 unspecified atom stereocenters. The molecule has 0 radical (unpaired) electrons. The first-order chi connectivity index (χ1) is 14.9. The van der Waals surface area contributed by atoms with E-state index in [-0.39, 0.29) is 21.2 Å². The summed E-state index contributed by atoms with van der Waals surface area (Å²) in [5.74, 6) is 1.95. The molecule has 0 fully saturated rings. The predicted octanol–water partition coefficient (Wildman–Crippen LogP) is 5.27. The molecule has 6 nitrogen and oxygen atoms in total. The molecule has 0 aliphatic carbocycles. The summed E-state index contributed by atoms with van der Waals surface area (Å²) in [5.41, 5.74) is 12.5. The van der Waals surface area contributed by atoms with Crippen LogP contribution in [0.5, 0.6) is 23.0 Å². The van der Waals surface area contributed by atoms with Crippen molar-refractivity contribution in [3.63, 3.8) is 0 Å². The summed E-state index contributed by atoms with van der Waals surface area (Å²) in [5, 5.41) is 0. The van der Waals surface area contributed by atoms with E-state index in [0.717, 1.165) is 0 Å². The lowest BCUT2D eigenvalue weighted by atomic mass is 10.3. The number of nitrogens with two attached hydrogens (primary N) is 2. The first kappa shape index (κ1) is 20.3. The third-order valence-electron chi connectivity index (χ3n) is 4.53. The molecule has 156 valence electrons. The topological polar surface area (TPSA) is 105 Å². The highest BCUT2D eigenvalue weighted by molar-refractivity contribution is 7.91. The lowest BCUT2D eigenvalue weighted by Crippen LogP contribution is -2.05. The van der Waals surface area contributed by atoms with Crippen molar-refractivity contribution in [1.29, 1.82) is 0 Å². The van der Waals surface area contributed by atoms with Crippen molar-refractivity contribution >= 4 is 21.2 Å². The molecule has 4 rings (SSSR count). The minimum Gasteiger partial charge on any atom is -0.455 e. The van der Waals surface area contributed by atoms with Gasteiger partial charge in [0.25, 0.3) is 0 Å².